The predicted octanol–water partition coefficient (Wildman–Crippen LogP) is 2.43. The summed E-state index contributed by atoms with van der Waals surface area (Å²) >= 11 is 0. The maximum Gasteiger partial charge on any atom is 0.228 e. The molecule has 7 nitrogen and oxygen atoms in total. The molecule has 0 bridgehead atoms. The number of amides is 2. The maximum atomic E-state index is 13.4. The van der Waals surface area contributed by atoms with Crippen molar-refractivity contribution in [1.29, 1.82) is 0 Å². The zero-order valence-corrected chi connectivity index (χ0v) is 17.8. The van der Waals surface area contributed by atoms with Crippen molar-refractivity contribution in [1.82, 2.24) is 15.2 Å². The number of rotatable bonds is 5. The summed E-state index contributed by atoms with van der Waals surface area (Å²) in [5, 5.41) is 3.36. The highest BCUT2D eigenvalue weighted by Crippen LogP contribution is 2.34. The van der Waals surface area contributed by atoms with Crippen molar-refractivity contribution in [2.45, 2.75) is 19.4 Å². The van der Waals surface area contributed by atoms with Gasteiger partial charge in [-0.3, -0.25) is 14.6 Å². The van der Waals surface area contributed by atoms with E-state index < -0.39 is 0 Å². The molecule has 0 spiro atoms. The lowest BCUT2D eigenvalue weighted by Crippen LogP contribution is -2.50. The number of pyridine rings is 1. The minimum Gasteiger partial charge on any atom is -0.492 e. The van der Waals surface area contributed by atoms with Crippen LogP contribution in [0.1, 0.15) is 24.9 Å². The van der Waals surface area contributed by atoms with Gasteiger partial charge in [0.25, 0.3) is 0 Å². The molecule has 2 aliphatic rings. The van der Waals surface area contributed by atoms with Crippen molar-refractivity contribution in [3.05, 3.63) is 54.4 Å². The summed E-state index contributed by atoms with van der Waals surface area (Å²) in [5.41, 5.74) is 1.75. The molecule has 160 valence electrons. The largest absolute Gasteiger partial charge is 0.492 e. The van der Waals surface area contributed by atoms with Crippen LogP contribution >= 0.6 is 12.4 Å². The summed E-state index contributed by atoms with van der Waals surface area (Å²) in [7, 11) is 0. The minimum atomic E-state index is -0.352. The van der Waals surface area contributed by atoms with Crippen LogP contribution in [0.2, 0.25) is 0 Å². The molecular formula is C22H27ClN4O3. The summed E-state index contributed by atoms with van der Waals surface area (Å²) < 4.78 is 5.68. The van der Waals surface area contributed by atoms with Crippen LogP contribution in [0, 0.1) is 5.92 Å². The van der Waals surface area contributed by atoms with E-state index >= 15 is 0 Å². The third-order valence-corrected chi connectivity index (χ3v) is 5.53. The van der Waals surface area contributed by atoms with E-state index in [1.54, 1.807) is 11.1 Å². The fourth-order valence-electron chi connectivity index (χ4n) is 4.14. The standard InChI is InChI=1S/C22H26N4O3.ClH/c1-2-29-20-8-4-3-7-18(20)26-15-17(12-21(26)27)22(28)25-11-10-24-14-19(25)16-6-5-9-23-13-16;/h3-9,13,17,19,24H,2,10-12,14-15H2,1H3;1H. The fourth-order valence-corrected chi connectivity index (χ4v) is 4.14. The molecule has 2 fully saturated rings. The number of hydrogen-bond donors (Lipinski definition) is 1. The number of piperazine rings is 1. The topological polar surface area (TPSA) is 74.8 Å². The van der Waals surface area contributed by atoms with Gasteiger partial charge in [0.1, 0.15) is 5.75 Å². The first-order valence-corrected chi connectivity index (χ1v) is 10.1. The van der Waals surface area contributed by atoms with E-state index in [1.807, 2.05) is 54.4 Å². The number of ether oxygens (including phenoxy) is 1. The lowest BCUT2D eigenvalue weighted by molar-refractivity contribution is -0.139. The molecule has 2 aliphatic heterocycles. The molecule has 2 saturated heterocycles. The van der Waals surface area contributed by atoms with E-state index in [1.165, 1.54) is 0 Å². The first-order valence-electron chi connectivity index (χ1n) is 10.1. The van der Waals surface area contributed by atoms with Crippen LogP contribution in [0.25, 0.3) is 0 Å². The lowest BCUT2D eigenvalue weighted by Gasteiger charge is -2.37. The van der Waals surface area contributed by atoms with Crippen molar-refractivity contribution in [3.8, 4) is 5.75 Å². The Bertz CT molecular complexity index is 880. The number of anilines is 1. The van der Waals surface area contributed by atoms with Crippen LogP contribution in [0.15, 0.2) is 48.8 Å². The molecule has 0 saturated carbocycles. The highest BCUT2D eigenvalue weighted by Gasteiger charge is 2.40. The molecule has 2 unspecified atom stereocenters. The smallest absolute Gasteiger partial charge is 0.228 e. The predicted molar refractivity (Wildman–Crippen MR) is 117 cm³/mol. The van der Waals surface area contributed by atoms with Crippen molar-refractivity contribution in [3.63, 3.8) is 0 Å². The number of nitrogens with zero attached hydrogens (tertiary/aromatic N) is 3. The normalized spacial score (nSPS) is 21.3. The van der Waals surface area contributed by atoms with E-state index in [4.69, 9.17) is 4.74 Å². The molecule has 2 amide bonds. The number of carbonyl (C=O) groups excluding carboxylic acids is 2. The molecule has 30 heavy (non-hydrogen) atoms. The third-order valence-electron chi connectivity index (χ3n) is 5.53. The van der Waals surface area contributed by atoms with Gasteiger partial charge in [0.15, 0.2) is 0 Å². The molecule has 1 N–H and O–H groups in total. The number of halogens is 1. The van der Waals surface area contributed by atoms with Crippen LogP contribution in [0.4, 0.5) is 5.69 Å². The average molecular weight is 431 g/mol. The zero-order valence-electron chi connectivity index (χ0n) is 17.0. The van der Waals surface area contributed by atoms with Crippen molar-refractivity contribution >= 4 is 29.9 Å². The Labute approximate surface area is 182 Å². The first kappa shape index (κ1) is 22.1. The molecule has 0 radical (unpaired) electrons. The van der Waals surface area contributed by atoms with Gasteiger partial charge in [0.2, 0.25) is 11.8 Å². The Morgan fingerprint density at radius 2 is 2.10 bits per heavy atom. The molecular weight excluding hydrogens is 404 g/mol. The van der Waals surface area contributed by atoms with Gasteiger partial charge < -0.3 is 19.9 Å². The molecule has 4 rings (SSSR count). The Balaban J connectivity index is 0.00000256. The number of aromatic nitrogens is 1. The van der Waals surface area contributed by atoms with E-state index in [0.717, 1.165) is 17.8 Å². The second-order valence-electron chi connectivity index (χ2n) is 7.34. The monoisotopic (exact) mass is 430 g/mol. The van der Waals surface area contributed by atoms with Gasteiger partial charge in [-0.15, -0.1) is 12.4 Å². The van der Waals surface area contributed by atoms with Gasteiger partial charge in [0, 0.05) is 45.0 Å². The molecule has 1 aromatic carbocycles. The Kier molecular flexibility index (Phi) is 7.29. The van der Waals surface area contributed by atoms with Crippen LogP contribution in [-0.4, -0.2) is 54.5 Å². The van der Waals surface area contributed by atoms with Gasteiger partial charge >= 0.3 is 0 Å². The Morgan fingerprint density at radius 3 is 2.87 bits per heavy atom. The summed E-state index contributed by atoms with van der Waals surface area (Å²) in [5.74, 6) is 0.315. The van der Waals surface area contributed by atoms with Gasteiger partial charge in [-0.05, 0) is 30.7 Å². The second-order valence-corrected chi connectivity index (χ2v) is 7.34. The number of para-hydroxylation sites is 2. The van der Waals surface area contributed by atoms with E-state index in [2.05, 4.69) is 10.3 Å². The number of benzene rings is 1. The van der Waals surface area contributed by atoms with E-state index in [-0.39, 0.29) is 42.6 Å². The van der Waals surface area contributed by atoms with Gasteiger partial charge in [-0.1, -0.05) is 18.2 Å². The SMILES string of the molecule is CCOc1ccccc1N1CC(C(=O)N2CCNCC2c2cccnc2)CC1=O.Cl. The first-order chi connectivity index (χ1) is 14.2. The molecule has 0 aliphatic carbocycles. The number of carbonyl (C=O) groups is 2. The highest BCUT2D eigenvalue weighted by molar-refractivity contribution is 6.01. The molecule has 2 atom stereocenters. The van der Waals surface area contributed by atoms with Crippen LogP contribution < -0.4 is 15.0 Å². The zero-order chi connectivity index (χ0) is 20.2. The summed E-state index contributed by atoms with van der Waals surface area (Å²) in [6.45, 7) is 4.88. The fraction of sp³-hybridized carbons (Fsp3) is 0.409. The second kappa shape index (κ2) is 9.91. The molecule has 2 aromatic rings. The van der Waals surface area contributed by atoms with Crippen LogP contribution in [0.5, 0.6) is 5.75 Å². The quantitative estimate of drug-likeness (QED) is 0.788. The van der Waals surface area contributed by atoms with Crippen molar-refractivity contribution in [2.75, 3.05) is 37.7 Å². The summed E-state index contributed by atoms with van der Waals surface area (Å²) in [6, 6.07) is 11.3. The summed E-state index contributed by atoms with van der Waals surface area (Å²) in [4.78, 5) is 33.9. The Hall–Kier alpha value is -2.64. The minimum absolute atomic E-state index is 0. The maximum absolute atomic E-state index is 13.4. The van der Waals surface area contributed by atoms with Crippen molar-refractivity contribution in [2.24, 2.45) is 5.92 Å². The van der Waals surface area contributed by atoms with Crippen LogP contribution in [0.3, 0.4) is 0 Å². The molecule has 3 heterocycles. The van der Waals surface area contributed by atoms with Gasteiger partial charge in [-0.2, -0.15) is 0 Å². The number of nitrogens with one attached hydrogen (secondary N) is 1. The van der Waals surface area contributed by atoms with Gasteiger partial charge in [0.05, 0.1) is 24.3 Å². The highest BCUT2D eigenvalue weighted by atomic mass is 35.5. The summed E-state index contributed by atoms with van der Waals surface area (Å²) in [6.07, 6.45) is 3.76. The Morgan fingerprint density at radius 1 is 1.27 bits per heavy atom. The molecule has 1 aromatic heterocycles. The lowest BCUT2D eigenvalue weighted by atomic mass is 10.0. The van der Waals surface area contributed by atoms with Crippen molar-refractivity contribution < 1.29 is 14.3 Å². The molecule has 8 heteroatoms. The van der Waals surface area contributed by atoms with E-state index in [0.29, 0.717) is 32.0 Å². The van der Waals surface area contributed by atoms with Gasteiger partial charge in [-0.25, -0.2) is 0 Å². The third kappa shape index (κ3) is 4.42. The number of hydrogen-bond acceptors (Lipinski definition) is 5. The van der Waals surface area contributed by atoms with E-state index in [9.17, 15) is 9.59 Å². The average Bonchev–Trinajstić information content (AvgIpc) is 3.16. The van der Waals surface area contributed by atoms with Crippen LogP contribution in [-0.2, 0) is 9.59 Å².